The summed E-state index contributed by atoms with van der Waals surface area (Å²) in [4.78, 5) is 10.5. The average Bonchev–Trinajstić information content (AvgIpc) is 3.71. The van der Waals surface area contributed by atoms with Gasteiger partial charge >= 0.3 is 0 Å². The van der Waals surface area contributed by atoms with Crippen molar-refractivity contribution in [2.45, 2.75) is 79.0 Å². The molecule has 4 heteroatoms. The van der Waals surface area contributed by atoms with Crippen molar-refractivity contribution >= 4 is 11.0 Å². The second kappa shape index (κ2) is 17.6. The molecule has 0 aliphatic carbocycles. The monoisotopic (exact) mass is 837 g/mol. The molecule has 2 aromatic heterocycles. The molecule has 0 saturated heterocycles. The first-order valence-electron chi connectivity index (χ1n) is 23.4. The van der Waals surface area contributed by atoms with Crippen LogP contribution in [0, 0.1) is 0 Å². The molecule has 0 spiro atoms. The van der Waals surface area contributed by atoms with E-state index in [4.69, 9.17) is 11.3 Å². The van der Waals surface area contributed by atoms with Crippen LogP contribution in [0.15, 0.2) is 170 Å². The Morgan fingerprint density at radius 2 is 1.09 bits per heavy atom. The zero-order valence-corrected chi connectivity index (χ0v) is 38.1. The number of phenolic OH excluding ortho intramolecular Hbond substituents is 1. The van der Waals surface area contributed by atoms with Crippen molar-refractivity contribution in [2.75, 3.05) is 0 Å². The lowest BCUT2D eigenvalue weighted by atomic mass is 9.91. The van der Waals surface area contributed by atoms with Crippen LogP contribution in [0.2, 0.25) is 0 Å². The van der Waals surface area contributed by atoms with E-state index in [1.54, 1.807) is 0 Å². The van der Waals surface area contributed by atoms with Crippen molar-refractivity contribution in [1.82, 2.24) is 14.5 Å². The fourth-order valence-electron chi connectivity index (χ4n) is 8.72. The molecule has 9 aromatic rings. The summed E-state index contributed by atoms with van der Waals surface area (Å²) in [6.45, 7) is 16.3. The highest BCUT2D eigenvalue weighted by Crippen LogP contribution is 2.44. The molecule has 9 rings (SSSR count). The smallest absolute Gasteiger partial charge is 0.149 e. The Hall–Kier alpha value is -7.04. The van der Waals surface area contributed by atoms with Crippen LogP contribution >= 0.6 is 0 Å². The van der Waals surface area contributed by atoms with Crippen LogP contribution < -0.4 is 0 Å². The standard InChI is InChI=1S/C60H57N3O/c1-37(2)41-22-24-44(25-23-41)45-26-27-61-56(36-45)51-30-48(42-16-11-9-12-17-42)29-50(31-51)53-20-15-21-57-58(53)62-60(55-35-47(39(5)6)34-54(40(7)8)59(55)64)63(57)52-32-46(38(3)4)28-49(33-52)43-18-13-10-14-19-43/h9-40,64H,1-8H3/i37D,38D. The van der Waals surface area contributed by atoms with Gasteiger partial charge in [0.25, 0.3) is 0 Å². The molecule has 0 saturated carbocycles. The first-order chi connectivity index (χ1) is 31.5. The summed E-state index contributed by atoms with van der Waals surface area (Å²) in [6.07, 6.45) is 1.87. The third-order valence-corrected chi connectivity index (χ3v) is 12.4. The van der Waals surface area contributed by atoms with Crippen molar-refractivity contribution in [3.05, 3.63) is 192 Å². The molecule has 0 aliphatic rings. The largest absolute Gasteiger partial charge is 0.507 e. The maximum atomic E-state index is 12.3. The Balaban J connectivity index is 1.31. The minimum atomic E-state index is -0.895. The van der Waals surface area contributed by atoms with Crippen molar-refractivity contribution in [3.8, 4) is 78.6 Å². The van der Waals surface area contributed by atoms with Crippen LogP contribution in [0.5, 0.6) is 5.75 Å². The summed E-state index contributed by atoms with van der Waals surface area (Å²) >= 11 is 0. The van der Waals surface area contributed by atoms with Gasteiger partial charge in [-0.2, -0.15) is 0 Å². The Kier molecular flexibility index (Phi) is 10.9. The minimum Gasteiger partial charge on any atom is -0.507 e. The zero-order chi connectivity index (χ0) is 46.5. The van der Waals surface area contributed by atoms with E-state index in [0.717, 1.165) is 94.7 Å². The van der Waals surface area contributed by atoms with E-state index in [9.17, 15) is 6.48 Å². The zero-order valence-electron chi connectivity index (χ0n) is 40.1. The number of para-hydroxylation sites is 1. The number of pyridine rings is 1. The number of hydrogen-bond donors (Lipinski definition) is 1. The highest BCUT2D eigenvalue weighted by molar-refractivity contribution is 5.98. The second-order valence-corrected chi connectivity index (χ2v) is 18.1. The molecule has 2 heterocycles. The molecule has 0 unspecified atom stereocenters. The summed E-state index contributed by atoms with van der Waals surface area (Å²) in [5.41, 5.74) is 17.1. The lowest BCUT2D eigenvalue weighted by molar-refractivity contribution is 0.466. The number of aromatic hydroxyl groups is 1. The number of aromatic nitrogens is 3. The number of rotatable bonds is 11. The van der Waals surface area contributed by atoms with Crippen LogP contribution in [-0.2, 0) is 0 Å². The number of fused-ring (bicyclic) bond motifs is 1. The van der Waals surface area contributed by atoms with E-state index in [2.05, 4.69) is 154 Å². The summed E-state index contributed by atoms with van der Waals surface area (Å²) < 4.78 is 20.0. The number of phenols is 1. The van der Waals surface area contributed by atoms with Crippen LogP contribution in [0.25, 0.3) is 83.9 Å². The van der Waals surface area contributed by atoms with E-state index >= 15 is 0 Å². The van der Waals surface area contributed by atoms with E-state index in [-0.39, 0.29) is 17.6 Å². The van der Waals surface area contributed by atoms with Crippen LogP contribution in [0.1, 0.15) is 104 Å². The topological polar surface area (TPSA) is 50.9 Å². The minimum absolute atomic E-state index is 0.0778. The van der Waals surface area contributed by atoms with Crippen molar-refractivity contribution in [3.63, 3.8) is 0 Å². The third-order valence-electron chi connectivity index (χ3n) is 12.4. The maximum absolute atomic E-state index is 12.3. The number of nitrogens with zero attached hydrogens (tertiary/aromatic N) is 3. The first-order valence-corrected chi connectivity index (χ1v) is 22.4. The Morgan fingerprint density at radius 3 is 1.73 bits per heavy atom. The van der Waals surface area contributed by atoms with E-state index < -0.39 is 11.8 Å². The van der Waals surface area contributed by atoms with E-state index in [1.165, 1.54) is 0 Å². The summed E-state index contributed by atoms with van der Waals surface area (Å²) in [7, 11) is 0. The van der Waals surface area contributed by atoms with Gasteiger partial charge in [0.15, 0.2) is 0 Å². The van der Waals surface area contributed by atoms with Crippen LogP contribution in [-0.4, -0.2) is 19.6 Å². The van der Waals surface area contributed by atoms with E-state index in [0.29, 0.717) is 11.4 Å². The molecular weight excluding hydrogens is 779 g/mol. The molecule has 318 valence electrons. The molecule has 0 atom stereocenters. The number of hydrogen-bond acceptors (Lipinski definition) is 3. The van der Waals surface area contributed by atoms with Gasteiger partial charge in [0.2, 0.25) is 0 Å². The van der Waals surface area contributed by atoms with Crippen molar-refractivity contribution < 1.29 is 7.85 Å². The van der Waals surface area contributed by atoms with Gasteiger partial charge in [-0.05, 0) is 139 Å². The molecule has 0 radical (unpaired) electrons. The Bertz CT molecular complexity index is 3210. The van der Waals surface area contributed by atoms with Crippen LogP contribution in [0.3, 0.4) is 0 Å². The highest BCUT2D eigenvalue weighted by Gasteiger charge is 2.25. The molecule has 0 aliphatic heterocycles. The number of benzene rings is 7. The Labute approximate surface area is 381 Å². The molecule has 4 nitrogen and oxygen atoms in total. The van der Waals surface area contributed by atoms with Gasteiger partial charge in [0, 0.05) is 25.8 Å². The lowest BCUT2D eigenvalue weighted by Gasteiger charge is -2.19. The van der Waals surface area contributed by atoms with E-state index in [1.807, 2.05) is 76.4 Å². The number of imidazole rings is 1. The predicted molar refractivity (Wildman–Crippen MR) is 270 cm³/mol. The van der Waals surface area contributed by atoms with Crippen molar-refractivity contribution in [1.29, 1.82) is 0 Å². The third kappa shape index (κ3) is 8.29. The van der Waals surface area contributed by atoms with Crippen molar-refractivity contribution in [2.24, 2.45) is 0 Å². The van der Waals surface area contributed by atoms with Gasteiger partial charge in [-0.1, -0.05) is 165 Å². The van der Waals surface area contributed by atoms with Crippen LogP contribution in [0.4, 0.5) is 0 Å². The van der Waals surface area contributed by atoms with Gasteiger partial charge in [-0.15, -0.1) is 0 Å². The fourth-order valence-corrected chi connectivity index (χ4v) is 8.72. The highest BCUT2D eigenvalue weighted by atomic mass is 16.3. The summed E-state index contributed by atoms with van der Waals surface area (Å²) in [5.74, 6) is -0.424. The first kappa shape index (κ1) is 39.8. The molecule has 1 N–H and O–H groups in total. The normalized spacial score (nSPS) is 12.5. The molecule has 64 heavy (non-hydrogen) atoms. The van der Waals surface area contributed by atoms with Gasteiger partial charge in [0.1, 0.15) is 11.6 Å². The molecule has 7 aromatic carbocycles. The Morgan fingerprint density at radius 1 is 0.469 bits per heavy atom. The van der Waals surface area contributed by atoms with Gasteiger partial charge < -0.3 is 5.11 Å². The molecule has 0 fully saturated rings. The average molecular weight is 838 g/mol. The maximum Gasteiger partial charge on any atom is 0.149 e. The lowest BCUT2D eigenvalue weighted by Crippen LogP contribution is -2.03. The molecule has 0 bridgehead atoms. The van der Waals surface area contributed by atoms with Gasteiger partial charge in [0.05, 0.1) is 22.3 Å². The predicted octanol–water partition coefficient (Wildman–Crippen LogP) is 16.6. The SMILES string of the molecule is [2H]C(C)(C)c1ccc(-c2ccnc(-c3cc(-c4ccccc4)cc(-c4cccc5c4nc(-c4cc(C(C)C)cc(C(C)C)c4O)n5-c4cc(-c5ccccc5)cc(C([2H])(C)C)c4)c3)c2)cc1. The molecular formula is C60H57N3O. The second-order valence-electron chi connectivity index (χ2n) is 18.1. The summed E-state index contributed by atoms with van der Waals surface area (Å²) in [6, 6.07) is 56.9. The van der Waals surface area contributed by atoms with Gasteiger partial charge in [-0.3, -0.25) is 9.55 Å². The summed E-state index contributed by atoms with van der Waals surface area (Å²) in [5, 5.41) is 12.3. The fraction of sp³-hybridized carbons (Fsp3) is 0.200. The van der Waals surface area contributed by atoms with Gasteiger partial charge in [-0.25, -0.2) is 4.98 Å². The quantitative estimate of drug-likeness (QED) is 0.141. The molecule has 0 amide bonds.